The van der Waals surface area contributed by atoms with Crippen molar-refractivity contribution in [2.45, 2.75) is 19.3 Å². The minimum Gasteiger partial charge on any atom is -0.382 e. The molecule has 0 saturated carbocycles. The predicted molar refractivity (Wildman–Crippen MR) is 57.0 cm³/mol. The lowest BCUT2D eigenvalue weighted by Crippen LogP contribution is -2.37. The van der Waals surface area contributed by atoms with Crippen LogP contribution in [-0.4, -0.2) is 52.1 Å². The Morgan fingerprint density at radius 1 is 1.13 bits per heavy atom. The fourth-order valence-corrected chi connectivity index (χ4v) is 2.82. The van der Waals surface area contributed by atoms with Crippen molar-refractivity contribution < 1.29 is 17.9 Å². The van der Waals surface area contributed by atoms with E-state index >= 15 is 0 Å². The van der Waals surface area contributed by atoms with Gasteiger partial charge in [-0.1, -0.05) is 6.42 Å². The molecule has 0 aliphatic carbocycles. The Balaban J connectivity index is 2.30. The molecule has 1 fully saturated rings. The van der Waals surface area contributed by atoms with Crippen LogP contribution in [0.1, 0.15) is 19.3 Å². The van der Waals surface area contributed by atoms with Crippen molar-refractivity contribution in [2.75, 3.05) is 39.4 Å². The number of rotatable bonds is 6. The van der Waals surface area contributed by atoms with E-state index in [1.165, 1.54) is 4.31 Å². The highest BCUT2D eigenvalue weighted by molar-refractivity contribution is 7.88. The van der Waals surface area contributed by atoms with E-state index in [9.17, 15) is 8.42 Å². The van der Waals surface area contributed by atoms with Crippen LogP contribution >= 0.6 is 0 Å². The molecule has 0 spiro atoms. The first-order valence-electron chi connectivity index (χ1n) is 5.21. The minimum absolute atomic E-state index is 0.226. The van der Waals surface area contributed by atoms with Gasteiger partial charge in [0.15, 0.2) is 5.94 Å². The van der Waals surface area contributed by atoms with E-state index in [-0.39, 0.29) is 5.94 Å². The largest absolute Gasteiger partial charge is 0.382 e. The molecule has 0 atom stereocenters. The first-order valence-corrected chi connectivity index (χ1v) is 6.82. The molecule has 1 heterocycles. The topological polar surface area (TPSA) is 55.8 Å². The van der Waals surface area contributed by atoms with E-state index in [1.54, 1.807) is 7.11 Å². The predicted octanol–water partition coefficient (Wildman–Crippen LogP) is 0.423. The van der Waals surface area contributed by atoms with Crippen molar-refractivity contribution in [2.24, 2.45) is 0 Å². The molecule has 6 heteroatoms. The van der Waals surface area contributed by atoms with Gasteiger partial charge in [0.2, 0.25) is 10.0 Å². The highest BCUT2D eigenvalue weighted by atomic mass is 32.2. The third kappa shape index (κ3) is 4.46. The molecule has 90 valence electrons. The zero-order valence-electron chi connectivity index (χ0n) is 9.15. The summed E-state index contributed by atoms with van der Waals surface area (Å²) >= 11 is 0. The van der Waals surface area contributed by atoms with Gasteiger partial charge in [0.05, 0.1) is 13.2 Å². The van der Waals surface area contributed by atoms with Gasteiger partial charge in [0.25, 0.3) is 0 Å². The summed E-state index contributed by atoms with van der Waals surface area (Å²) in [4.78, 5) is 0. The van der Waals surface area contributed by atoms with Crippen LogP contribution in [0.25, 0.3) is 0 Å². The van der Waals surface area contributed by atoms with Crippen molar-refractivity contribution in [1.29, 1.82) is 0 Å². The molecule has 0 aromatic carbocycles. The zero-order valence-corrected chi connectivity index (χ0v) is 9.96. The first-order chi connectivity index (χ1) is 7.17. The molecule has 1 rings (SSSR count). The SMILES string of the molecule is COCCOCS(=O)(=O)N1CCCCC1. The molecule has 1 aliphatic heterocycles. The summed E-state index contributed by atoms with van der Waals surface area (Å²) in [6.07, 6.45) is 3.03. The van der Waals surface area contributed by atoms with Crippen LogP contribution in [0.15, 0.2) is 0 Å². The van der Waals surface area contributed by atoms with E-state index in [0.29, 0.717) is 26.3 Å². The maximum absolute atomic E-state index is 11.7. The second-order valence-electron chi connectivity index (χ2n) is 3.59. The van der Waals surface area contributed by atoms with Gasteiger partial charge in [-0.2, -0.15) is 4.31 Å². The summed E-state index contributed by atoms with van der Waals surface area (Å²) in [5.41, 5.74) is 0. The number of hydrogen-bond acceptors (Lipinski definition) is 4. The average molecular weight is 237 g/mol. The molecule has 0 unspecified atom stereocenters. The Kier molecular flexibility index (Phi) is 5.52. The molecule has 5 nitrogen and oxygen atoms in total. The van der Waals surface area contributed by atoms with Crippen LogP contribution < -0.4 is 0 Å². The molecule has 0 radical (unpaired) electrons. The number of sulfonamides is 1. The van der Waals surface area contributed by atoms with Crippen LogP contribution in [0.2, 0.25) is 0 Å². The number of hydrogen-bond donors (Lipinski definition) is 0. The second kappa shape index (κ2) is 6.42. The van der Waals surface area contributed by atoms with Crippen molar-refractivity contribution in [3.05, 3.63) is 0 Å². The van der Waals surface area contributed by atoms with Gasteiger partial charge in [0.1, 0.15) is 0 Å². The molecule has 1 aliphatic rings. The third-order valence-corrected chi connectivity index (χ3v) is 3.99. The number of piperidine rings is 1. The van der Waals surface area contributed by atoms with E-state index < -0.39 is 10.0 Å². The van der Waals surface area contributed by atoms with Gasteiger partial charge in [0, 0.05) is 20.2 Å². The zero-order chi connectivity index (χ0) is 11.1. The Morgan fingerprint density at radius 2 is 1.80 bits per heavy atom. The highest BCUT2D eigenvalue weighted by Gasteiger charge is 2.23. The van der Waals surface area contributed by atoms with Crippen LogP contribution in [0, 0.1) is 0 Å². The summed E-state index contributed by atoms with van der Waals surface area (Å²) in [5.74, 6) is -0.226. The molecular formula is C9H19NO4S. The summed E-state index contributed by atoms with van der Waals surface area (Å²) in [6, 6.07) is 0. The van der Waals surface area contributed by atoms with Gasteiger partial charge in [-0.05, 0) is 12.8 Å². The lowest BCUT2D eigenvalue weighted by molar-refractivity contribution is 0.0907. The Bertz CT molecular complexity index is 259. The van der Waals surface area contributed by atoms with Crippen molar-refractivity contribution in [3.63, 3.8) is 0 Å². The van der Waals surface area contributed by atoms with Crippen LogP contribution in [0.3, 0.4) is 0 Å². The minimum atomic E-state index is -3.21. The van der Waals surface area contributed by atoms with Gasteiger partial charge in [-0.15, -0.1) is 0 Å². The standard InChI is InChI=1S/C9H19NO4S/c1-13-7-8-14-9-15(11,12)10-5-3-2-4-6-10/h2-9H2,1H3. The van der Waals surface area contributed by atoms with E-state index in [0.717, 1.165) is 19.3 Å². The van der Waals surface area contributed by atoms with Crippen molar-refractivity contribution >= 4 is 10.0 Å². The quantitative estimate of drug-likeness (QED) is 0.628. The monoisotopic (exact) mass is 237 g/mol. The smallest absolute Gasteiger partial charge is 0.238 e. The molecule has 0 amide bonds. The Labute approximate surface area is 91.4 Å². The van der Waals surface area contributed by atoms with Crippen LogP contribution in [0.5, 0.6) is 0 Å². The maximum atomic E-state index is 11.7. The molecular weight excluding hydrogens is 218 g/mol. The van der Waals surface area contributed by atoms with Gasteiger partial charge in [-0.25, -0.2) is 8.42 Å². The van der Waals surface area contributed by atoms with Crippen molar-refractivity contribution in [3.8, 4) is 0 Å². The lowest BCUT2D eigenvalue weighted by atomic mass is 10.2. The second-order valence-corrected chi connectivity index (χ2v) is 5.51. The van der Waals surface area contributed by atoms with Gasteiger partial charge >= 0.3 is 0 Å². The average Bonchev–Trinajstić information content (AvgIpc) is 2.26. The fraction of sp³-hybridized carbons (Fsp3) is 1.00. The lowest BCUT2D eigenvalue weighted by Gasteiger charge is -2.25. The number of nitrogens with zero attached hydrogens (tertiary/aromatic N) is 1. The number of ether oxygens (including phenoxy) is 2. The van der Waals surface area contributed by atoms with Gasteiger partial charge < -0.3 is 9.47 Å². The van der Waals surface area contributed by atoms with Crippen LogP contribution in [-0.2, 0) is 19.5 Å². The summed E-state index contributed by atoms with van der Waals surface area (Å²) in [6.45, 7) is 2.02. The summed E-state index contributed by atoms with van der Waals surface area (Å²) in [7, 11) is -1.65. The van der Waals surface area contributed by atoms with Gasteiger partial charge in [-0.3, -0.25) is 0 Å². The molecule has 15 heavy (non-hydrogen) atoms. The number of methoxy groups -OCH3 is 1. The first kappa shape index (κ1) is 12.9. The Hall–Kier alpha value is -0.170. The van der Waals surface area contributed by atoms with Crippen molar-refractivity contribution in [1.82, 2.24) is 4.31 Å². The summed E-state index contributed by atoms with van der Waals surface area (Å²) in [5, 5.41) is 0. The molecule has 0 N–H and O–H groups in total. The molecule has 0 aromatic heterocycles. The fourth-order valence-electron chi connectivity index (χ4n) is 1.52. The van der Waals surface area contributed by atoms with E-state index in [1.807, 2.05) is 0 Å². The molecule has 0 aromatic rings. The Morgan fingerprint density at radius 3 is 2.40 bits per heavy atom. The summed E-state index contributed by atoms with van der Waals surface area (Å²) < 4.78 is 34.7. The normalized spacial score (nSPS) is 19.3. The highest BCUT2D eigenvalue weighted by Crippen LogP contribution is 2.13. The van der Waals surface area contributed by atoms with Crippen LogP contribution in [0.4, 0.5) is 0 Å². The van der Waals surface area contributed by atoms with E-state index in [4.69, 9.17) is 9.47 Å². The molecule has 1 saturated heterocycles. The molecule has 0 bridgehead atoms. The third-order valence-electron chi connectivity index (χ3n) is 2.37. The van der Waals surface area contributed by atoms with E-state index in [2.05, 4.69) is 0 Å². The maximum Gasteiger partial charge on any atom is 0.238 e.